The number of nitrogens with one attached hydrogen (secondary N) is 1. The first-order chi connectivity index (χ1) is 9.70. The monoisotopic (exact) mass is 334 g/mol. The van der Waals surface area contributed by atoms with Crippen molar-refractivity contribution < 1.29 is 4.39 Å². The highest BCUT2D eigenvalue weighted by atomic mass is 79.9. The van der Waals surface area contributed by atoms with Crippen molar-refractivity contribution in [1.29, 1.82) is 0 Å². The lowest BCUT2D eigenvalue weighted by Crippen LogP contribution is -2.30. The lowest BCUT2D eigenvalue weighted by atomic mass is 9.99. The van der Waals surface area contributed by atoms with Crippen molar-refractivity contribution in [3.05, 3.63) is 69.9 Å². The summed E-state index contributed by atoms with van der Waals surface area (Å²) in [7, 11) is 0. The molecule has 1 fully saturated rings. The smallest absolute Gasteiger partial charge is 0.124 e. The average molecular weight is 335 g/mol. The second-order valence-electron chi connectivity index (χ2n) is 5.23. The van der Waals surface area contributed by atoms with Gasteiger partial charge in [0.1, 0.15) is 5.82 Å². The normalized spacial score (nSPS) is 22.6. The van der Waals surface area contributed by atoms with Crippen LogP contribution in [0.4, 0.5) is 4.39 Å². The van der Waals surface area contributed by atoms with E-state index in [1.165, 1.54) is 17.7 Å². The van der Waals surface area contributed by atoms with E-state index < -0.39 is 0 Å². The van der Waals surface area contributed by atoms with Gasteiger partial charge >= 0.3 is 0 Å². The standard InChI is InChI=1S/C16H16BrFN2/c17-15-8-11(18)6-7-12(15)16(20-19)14-9-13(14)10-4-2-1-3-5-10/h1-8,13-14,16,20H,9,19H2. The van der Waals surface area contributed by atoms with E-state index >= 15 is 0 Å². The molecule has 3 atom stereocenters. The highest BCUT2D eigenvalue weighted by molar-refractivity contribution is 9.10. The van der Waals surface area contributed by atoms with Gasteiger partial charge in [0.15, 0.2) is 0 Å². The van der Waals surface area contributed by atoms with Gasteiger partial charge in [0.05, 0.1) is 6.04 Å². The number of hydrazine groups is 1. The molecule has 2 aromatic rings. The molecular weight excluding hydrogens is 319 g/mol. The molecule has 0 amide bonds. The molecule has 104 valence electrons. The molecule has 1 aliphatic rings. The molecule has 0 spiro atoms. The lowest BCUT2D eigenvalue weighted by Gasteiger charge is -2.18. The second-order valence-corrected chi connectivity index (χ2v) is 6.08. The molecule has 0 aliphatic heterocycles. The van der Waals surface area contributed by atoms with Crippen molar-refractivity contribution in [2.24, 2.45) is 11.8 Å². The maximum absolute atomic E-state index is 13.2. The lowest BCUT2D eigenvalue weighted by molar-refractivity contribution is 0.484. The molecule has 3 rings (SSSR count). The number of benzene rings is 2. The van der Waals surface area contributed by atoms with Crippen molar-refractivity contribution in [2.45, 2.75) is 18.4 Å². The summed E-state index contributed by atoms with van der Waals surface area (Å²) in [6, 6.07) is 15.2. The Labute approximate surface area is 126 Å². The summed E-state index contributed by atoms with van der Waals surface area (Å²) in [5, 5.41) is 0. The summed E-state index contributed by atoms with van der Waals surface area (Å²) in [6.45, 7) is 0. The quantitative estimate of drug-likeness (QED) is 0.657. The molecule has 0 aromatic heterocycles. The number of rotatable bonds is 4. The van der Waals surface area contributed by atoms with Crippen LogP contribution in [0.25, 0.3) is 0 Å². The first kappa shape index (κ1) is 13.7. The van der Waals surface area contributed by atoms with Gasteiger partial charge in [-0.1, -0.05) is 52.3 Å². The molecule has 0 saturated heterocycles. The van der Waals surface area contributed by atoms with Gasteiger partial charge in [-0.15, -0.1) is 0 Å². The predicted octanol–water partition coefficient (Wildman–Crippen LogP) is 3.90. The van der Waals surface area contributed by atoms with Crippen LogP contribution in [0.2, 0.25) is 0 Å². The molecule has 4 heteroatoms. The number of halogens is 2. The van der Waals surface area contributed by atoms with Gasteiger partial charge in [-0.2, -0.15) is 0 Å². The van der Waals surface area contributed by atoms with E-state index in [4.69, 9.17) is 5.84 Å². The minimum Gasteiger partial charge on any atom is -0.271 e. The summed E-state index contributed by atoms with van der Waals surface area (Å²) in [5.41, 5.74) is 5.24. The summed E-state index contributed by atoms with van der Waals surface area (Å²) >= 11 is 3.43. The predicted molar refractivity (Wildman–Crippen MR) is 81.5 cm³/mol. The fourth-order valence-electron chi connectivity index (χ4n) is 2.86. The van der Waals surface area contributed by atoms with Gasteiger partial charge in [0, 0.05) is 4.47 Å². The number of hydrogen-bond acceptors (Lipinski definition) is 2. The van der Waals surface area contributed by atoms with Gasteiger partial charge in [-0.3, -0.25) is 11.3 Å². The van der Waals surface area contributed by atoms with Gasteiger partial charge in [-0.25, -0.2) is 4.39 Å². The summed E-state index contributed by atoms with van der Waals surface area (Å²) in [6.07, 6.45) is 1.10. The number of hydrogen-bond donors (Lipinski definition) is 2. The van der Waals surface area contributed by atoms with E-state index in [1.807, 2.05) is 6.07 Å². The Bertz CT molecular complexity index is 603. The fourth-order valence-corrected chi connectivity index (χ4v) is 3.46. The fraction of sp³-hybridized carbons (Fsp3) is 0.250. The molecule has 2 nitrogen and oxygen atoms in total. The average Bonchev–Trinajstić information content (AvgIpc) is 3.23. The third-order valence-corrected chi connectivity index (χ3v) is 4.66. The Morgan fingerprint density at radius 2 is 1.95 bits per heavy atom. The third-order valence-electron chi connectivity index (χ3n) is 3.97. The first-order valence-corrected chi connectivity index (χ1v) is 7.46. The maximum Gasteiger partial charge on any atom is 0.124 e. The van der Waals surface area contributed by atoms with Crippen LogP contribution in [-0.4, -0.2) is 0 Å². The van der Waals surface area contributed by atoms with Crippen molar-refractivity contribution >= 4 is 15.9 Å². The van der Waals surface area contributed by atoms with Gasteiger partial charge < -0.3 is 0 Å². The Kier molecular flexibility index (Phi) is 3.87. The minimum atomic E-state index is -0.244. The third kappa shape index (κ3) is 2.64. The Morgan fingerprint density at radius 3 is 2.60 bits per heavy atom. The Morgan fingerprint density at radius 1 is 1.20 bits per heavy atom. The molecule has 3 unspecified atom stereocenters. The topological polar surface area (TPSA) is 38.0 Å². The van der Waals surface area contributed by atoms with Crippen LogP contribution in [0.15, 0.2) is 53.0 Å². The molecule has 1 aliphatic carbocycles. The largest absolute Gasteiger partial charge is 0.271 e. The van der Waals surface area contributed by atoms with E-state index in [2.05, 4.69) is 45.6 Å². The SMILES string of the molecule is NNC(c1ccc(F)cc1Br)C1CC1c1ccccc1. The van der Waals surface area contributed by atoms with Crippen molar-refractivity contribution in [3.63, 3.8) is 0 Å². The van der Waals surface area contributed by atoms with E-state index in [9.17, 15) is 4.39 Å². The molecule has 0 bridgehead atoms. The van der Waals surface area contributed by atoms with Crippen molar-refractivity contribution in [1.82, 2.24) is 5.43 Å². The van der Waals surface area contributed by atoms with Gasteiger partial charge in [-0.05, 0) is 41.5 Å². The van der Waals surface area contributed by atoms with Crippen LogP contribution < -0.4 is 11.3 Å². The molecule has 3 N–H and O–H groups in total. The second kappa shape index (κ2) is 5.64. The van der Waals surface area contributed by atoms with Crippen LogP contribution in [0, 0.1) is 11.7 Å². The first-order valence-electron chi connectivity index (χ1n) is 6.66. The summed E-state index contributed by atoms with van der Waals surface area (Å²) < 4.78 is 14.0. The van der Waals surface area contributed by atoms with Crippen molar-refractivity contribution in [2.75, 3.05) is 0 Å². The van der Waals surface area contributed by atoms with E-state index in [0.29, 0.717) is 11.8 Å². The van der Waals surface area contributed by atoms with Gasteiger partial charge in [0.25, 0.3) is 0 Å². The molecule has 1 saturated carbocycles. The molecular formula is C16H16BrFN2. The minimum absolute atomic E-state index is 0.0372. The van der Waals surface area contributed by atoms with Crippen LogP contribution in [0.3, 0.4) is 0 Å². The van der Waals surface area contributed by atoms with E-state index in [-0.39, 0.29) is 11.9 Å². The zero-order valence-electron chi connectivity index (χ0n) is 10.9. The van der Waals surface area contributed by atoms with Crippen LogP contribution in [-0.2, 0) is 0 Å². The van der Waals surface area contributed by atoms with Crippen molar-refractivity contribution in [3.8, 4) is 0 Å². The number of nitrogens with two attached hydrogens (primary N) is 1. The van der Waals surface area contributed by atoms with Crippen LogP contribution >= 0.6 is 15.9 Å². The van der Waals surface area contributed by atoms with Gasteiger partial charge in [0.2, 0.25) is 0 Å². The van der Waals surface area contributed by atoms with Crippen LogP contribution in [0.5, 0.6) is 0 Å². The maximum atomic E-state index is 13.2. The zero-order chi connectivity index (χ0) is 14.1. The molecule has 0 heterocycles. The van der Waals surface area contributed by atoms with Crippen LogP contribution in [0.1, 0.15) is 29.5 Å². The highest BCUT2D eigenvalue weighted by Gasteiger charge is 2.44. The molecule has 20 heavy (non-hydrogen) atoms. The Balaban J connectivity index is 1.82. The zero-order valence-corrected chi connectivity index (χ0v) is 12.5. The highest BCUT2D eigenvalue weighted by Crippen LogP contribution is 2.54. The Hall–Kier alpha value is -1.23. The summed E-state index contributed by atoms with van der Waals surface area (Å²) in [4.78, 5) is 0. The van der Waals surface area contributed by atoms with E-state index in [0.717, 1.165) is 16.5 Å². The molecule has 0 radical (unpaired) electrons. The summed E-state index contributed by atoms with van der Waals surface area (Å²) in [5.74, 6) is 6.46. The van der Waals surface area contributed by atoms with E-state index in [1.54, 1.807) is 6.07 Å². The molecule has 2 aromatic carbocycles.